The molecule has 6 heteroatoms. The van der Waals surface area contributed by atoms with Crippen LogP contribution in [0.1, 0.15) is 50.8 Å². The van der Waals surface area contributed by atoms with Gasteiger partial charge in [-0.3, -0.25) is 4.79 Å². The van der Waals surface area contributed by atoms with Gasteiger partial charge in [-0.15, -0.1) is 5.10 Å². The van der Waals surface area contributed by atoms with Crippen LogP contribution in [0.2, 0.25) is 0 Å². The topological polar surface area (TPSA) is 63.4 Å². The zero-order valence-corrected chi connectivity index (χ0v) is 13.4. The van der Waals surface area contributed by atoms with Crippen LogP contribution in [0.4, 0.5) is 0 Å². The summed E-state index contributed by atoms with van der Waals surface area (Å²) in [5.74, 6) is 2.00. The van der Waals surface area contributed by atoms with Gasteiger partial charge in [0, 0.05) is 25.0 Å². The minimum absolute atomic E-state index is 0.175. The smallest absolute Gasteiger partial charge is 0.252 e. The number of hydrogen-bond acceptors (Lipinski definition) is 4. The molecule has 1 atom stereocenters. The molecule has 0 radical (unpaired) electrons. The summed E-state index contributed by atoms with van der Waals surface area (Å²) in [5, 5.41) is 4.36. The van der Waals surface area contributed by atoms with Crippen LogP contribution in [0.15, 0.2) is 18.5 Å². The molecule has 3 heterocycles. The molecular weight excluding hydrogens is 290 g/mol. The number of likely N-dealkylation sites (tertiary alicyclic amines) is 1. The second-order valence-electron chi connectivity index (χ2n) is 6.76. The Morgan fingerprint density at radius 3 is 2.87 bits per heavy atom. The molecule has 0 aromatic carbocycles. The molecule has 2 aromatic rings. The Morgan fingerprint density at radius 2 is 2.04 bits per heavy atom. The van der Waals surface area contributed by atoms with Crippen molar-refractivity contribution in [3.05, 3.63) is 24.3 Å². The molecule has 122 valence electrons. The second-order valence-corrected chi connectivity index (χ2v) is 6.76. The van der Waals surface area contributed by atoms with Gasteiger partial charge < -0.3 is 4.90 Å². The summed E-state index contributed by atoms with van der Waals surface area (Å²) in [7, 11) is 0. The molecule has 6 nitrogen and oxygen atoms in total. The Labute approximate surface area is 135 Å². The number of fused-ring (bicyclic) bond motifs is 1. The van der Waals surface area contributed by atoms with Crippen molar-refractivity contribution in [1.29, 1.82) is 0 Å². The fourth-order valence-electron chi connectivity index (χ4n) is 4.20. The largest absolute Gasteiger partial charge is 0.339 e. The molecule has 23 heavy (non-hydrogen) atoms. The average molecular weight is 313 g/mol. The van der Waals surface area contributed by atoms with Crippen molar-refractivity contribution in [3.8, 4) is 0 Å². The molecule has 2 aromatic heterocycles. The molecule has 1 aliphatic heterocycles. The molecule has 0 bridgehead atoms. The van der Waals surface area contributed by atoms with E-state index in [1.54, 1.807) is 10.7 Å². The van der Waals surface area contributed by atoms with Gasteiger partial charge in [-0.2, -0.15) is 4.98 Å². The highest BCUT2D eigenvalue weighted by Crippen LogP contribution is 2.34. The molecule has 1 aliphatic carbocycles. The Hall–Kier alpha value is -1.98. The number of rotatable bonds is 3. The third kappa shape index (κ3) is 2.94. The van der Waals surface area contributed by atoms with Gasteiger partial charge in [-0.25, -0.2) is 9.50 Å². The van der Waals surface area contributed by atoms with Crippen LogP contribution in [0.25, 0.3) is 5.78 Å². The van der Waals surface area contributed by atoms with Gasteiger partial charge in [-0.1, -0.05) is 19.3 Å². The number of carbonyl (C=O) groups is 1. The molecule has 2 fully saturated rings. The predicted octanol–water partition coefficient (Wildman–Crippen LogP) is 2.24. The van der Waals surface area contributed by atoms with Crippen molar-refractivity contribution in [2.24, 2.45) is 5.92 Å². The highest BCUT2D eigenvalue weighted by Gasteiger charge is 2.35. The number of nitrogens with zero attached hydrogens (tertiary/aromatic N) is 5. The van der Waals surface area contributed by atoms with E-state index < -0.39 is 0 Å². The van der Waals surface area contributed by atoms with Gasteiger partial charge in [0.25, 0.3) is 5.78 Å². The van der Waals surface area contributed by atoms with E-state index in [4.69, 9.17) is 0 Å². The molecule has 0 unspecified atom stereocenters. The summed E-state index contributed by atoms with van der Waals surface area (Å²) in [4.78, 5) is 23.4. The molecule has 1 saturated carbocycles. The molecule has 0 N–H and O–H groups in total. The van der Waals surface area contributed by atoms with Gasteiger partial charge >= 0.3 is 0 Å². The summed E-state index contributed by atoms with van der Waals surface area (Å²) in [6.45, 7) is 0.894. The lowest BCUT2D eigenvalue weighted by Gasteiger charge is -2.34. The van der Waals surface area contributed by atoms with Crippen LogP contribution in [-0.2, 0) is 11.2 Å². The number of carbonyl (C=O) groups excluding carboxylic acids is 1. The third-order valence-electron chi connectivity index (χ3n) is 5.28. The van der Waals surface area contributed by atoms with Crippen LogP contribution >= 0.6 is 0 Å². The van der Waals surface area contributed by atoms with Crippen LogP contribution in [0.5, 0.6) is 0 Å². The van der Waals surface area contributed by atoms with Gasteiger partial charge in [0.1, 0.15) is 0 Å². The summed E-state index contributed by atoms with van der Waals surface area (Å²) in [5.41, 5.74) is 0. The van der Waals surface area contributed by atoms with Crippen LogP contribution in [0.3, 0.4) is 0 Å². The van der Waals surface area contributed by atoms with E-state index in [0.717, 1.165) is 19.4 Å². The van der Waals surface area contributed by atoms with E-state index in [0.29, 0.717) is 23.6 Å². The quantitative estimate of drug-likeness (QED) is 0.872. The molecule has 0 spiro atoms. The highest BCUT2D eigenvalue weighted by atomic mass is 16.2. The van der Waals surface area contributed by atoms with Crippen molar-refractivity contribution in [3.63, 3.8) is 0 Å². The normalized spacial score (nSPS) is 22.8. The first-order valence-corrected chi connectivity index (χ1v) is 8.77. The standard InChI is InChI=1S/C17H23N5O/c23-16(12-15-19-17-18-9-5-11-22(17)20-15)21-10-4-8-14(21)13-6-2-1-3-7-13/h5,9,11,13-14H,1-4,6-8,10,12H2/t14-/m0/s1. The van der Waals surface area contributed by atoms with E-state index in [9.17, 15) is 4.79 Å². The monoisotopic (exact) mass is 313 g/mol. The number of aromatic nitrogens is 4. The van der Waals surface area contributed by atoms with Gasteiger partial charge in [-0.05, 0) is 37.7 Å². The van der Waals surface area contributed by atoms with Gasteiger partial charge in [0.05, 0.1) is 6.42 Å². The third-order valence-corrected chi connectivity index (χ3v) is 5.28. The van der Waals surface area contributed by atoms with Gasteiger partial charge in [0.2, 0.25) is 5.91 Å². The minimum Gasteiger partial charge on any atom is -0.339 e. The van der Waals surface area contributed by atoms with Crippen molar-refractivity contribution < 1.29 is 4.79 Å². The van der Waals surface area contributed by atoms with E-state index in [1.807, 2.05) is 12.3 Å². The lowest BCUT2D eigenvalue weighted by molar-refractivity contribution is -0.132. The fraction of sp³-hybridized carbons (Fsp3) is 0.647. The predicted molar refractivity (Wildman–Crippen MR) is 85.8 cm³/mol. The molecule has 1 amide bonds. The molecule has 1 saturated heterocycles. The SMILES string of the molecule is O=C(Cc1nc2ncccn2n1)N1CCC[C@H]1C1CCCCC1. The maximum absolute atomic E-state index is 12.8. The van der Waals surface area contributed by atoms with Crippen LogP contribution in [0, 0.1) is 5.92 Å². The zero-order valence-electron chi connectivity index (χ0n) is 13.4. The summed E-state index contributed by atoms with van der Waals surface area (Å²) in [6.07, 6.45) is 12.6. The average Bonchev–Trinajstić information content (AvgIpc) is 3.22. The first-order chi connectivity index (χ1) is 11.3. The van der Waals surface area contributed by atoms with Crippen molar-refractivity contribution >= 4 is 11.7 Å². The molecule has 4 rings (SSSR count). The van der Waals surface area contributed by atoms with Crippen molar-refractivity contribution in [1.82, 2.24) is 24.5 Å². The fourth-order valence-corrected chi connectivity index (χ4v) is 4.20. The Kier molecular flexibility index (Phi) is 3.97. The lowest BCUT2D eigenvalue weighted by atomic mass is 9.83. The molecular formula is C17H23N5O. The maximum Gasteiger partial charge on any atom is 0.252 e. The zero-order chi connectivity index (χ0) is 15.6. The highest BCUT2D eigenvalue weighted by molar-refractivity contribution is 5.78. The first-order valence-electron chi connectivity index (χ1n) is 8.77. The second kappa shape index (κ2) is 6.26. The number of amides is 1. The molecule has 2 aliphatic rings. The number of hydrogen-bond donors (Lipinski definition) is 0. The first kappa shape index (κ1) is 14.6. The maximum atomic E-state index is 12.8. The van der Waals surface area contributed by atoms with Crippen LogP contribution < -0.4 is 0 Å². The van der Waals surface area contributed by atoms with E-state index >= 15 is 0 Å². The summed E-state index contributed by atoms with van der Waals surface area (Å²) >= 11 is 0. The lowest BCUT2D eigenvalue weighted by Crippen LogP contribution is -2.41. The van der Waals surface area contributed by atoms with E-state index in [2.05, 4.69) is 20.0 Å². The minimum atomic E-state index is 0.175. The van der Waals surface area contributed by atoms with E-state index in [1.165, 1.54) is 32.1 Å². The van der Waals surface area contributed by atoms with Crippen molar-refractivity contribution in [2.75, 3.05) is 6.54 Å². The Balaban J connectivity index is 1.46. The Morgan fingerprint density at radius 1 is 1.17 bits per heavy atom. The summed E-state index contributed by atoms with van der Waals surface area (Å²) < 4.78 is 1.63. The van der Waals surface area contributed by atoms with E-state index in [-0.39, 0.29) is 12.3 Å². The Bertz CT molecular complexity index is 658. The van der Waals surface area contributed by atoms with Gasteiger partial charge in [0.15, 0.2) is 5.82 Å². The van der Waals surface area contributed by atoms with Crippen LogP contribution in [-0.4, -0.2) is 43.0 Å². The van der Waals surface area contributed by atoms with Crippen molar-refractivity contribution in [2.45, 2.75) is 57.4 Å². The summed E-state index contributed by atoms with van der Waals surface area (Å²) in [6, 6.07) is 2.25.